The summed E-state index contributed by atoms with van der Waals surface area (Å²) in [6.45, 7) is 9.64. The molecule has 0 spiro atoms. The predicted octanol–water partition coefficient (Wildman–Crippen LogP) is 2.61. The lowest BCUT2D eigenvalue weighted by Crippen LogP contribution is -1.93. The molecule has 0 atom stereocenters. The molecule has 1 rings (SSSR count). The fraction of sp³-hybridized carbons (Fsp3) is 0.182. The highest BCUT2D eigenvalue weighted by Gasteiger charge is 2.01. The lowest BCUT2D eigenvalue weighted by molar-refractivity contribution is -0.394. The second-order valence-corrected chi connectivity index (χ2v) is 2.94. The van der Waals surface area contributed by atoms with E-state index in [9.17, 15) is 0 Å². The van der Waals surface area contributed by atoms with Gasteiger partial charge in [-0.05, 0) is 18.1 Å². The van der Waals surface area contributed by atoms with Gasteiger partial charge in [-0.1, -0.05) is 18.7 Å². The van der Waals surface area contributed by atoms with E-state index in [1.807, 2.05) is 17.7 Å². The minimum Gasteiger partial charge on any atom is -0.208 e. The third kappa shape index (κ3) is 1.62. The molecule has 0 unspecified atom stereocenters. The molecule has 1 aromatic carbocycles. The van der Waals surface area contributed by atoms with Crippen LogP contribution in [0.3, 0.4) is 0 Å². The molecular formula is C11H14N+. The number of nitrogens with zero attached hydrogens (tertiary/aromatic N) is 1. The zero-order chi connectivity index (χ0) is 9.14. The van der Waals surface area contributed by atoms with Gasteiger partial charge in [0.15, 0.2) is 0 Å². The second kappa shape index (κ2) is 3.35. The summed E-state index contributed by atoms with van der Waals surface area (Å²) in [6.07, 6.45) is 1.86. The maximum atomic E-state index is 3.81. The van der Waals surface area contributed by atoms with Crippen LogP contribution in [0.25, 0.3) is 6.08 Å². The lowest BCUT2D eigenvalue weighted by atomic mass is 10.1. The minimum absolute atomic E-state index is 1.11. The third-order valence-corrected chi connectivity index (χ3v) is 1.92. The summed E-state index contributed by atoms with van der Waals surface area (Å²) in [6, 6.07) is 6.21. The van der Waals surface area contributed by atoms with Crippen molar-refractivity contribution in [1.82, 2.24) is 0 Å². The Balaban J connectivity index is 3.22. The van der Waals surface area contributed by atoms with Gasteiger partial charge in [0, 0.05) is 12.1 Å². The summed E-state index contributed by atoms with van der Waals surface area (Å²) in [7, 11) is 1.93. The topological polar surface area (TPSA) is 3.01 Å². The van der Waals surface area contributed by atoms with E-state index >= 15 is 0 Å². The molecule has 1 nitrogen and oxygen atoms in total. The van der Waals surface area contributed by atoms with Crippen molar-refractivity contribution in [3.63, 3.8) is 0 Å². The highest BCUT2D eigenvalue weighted by atomic mass is 14.9. The molecule has 0 aliphatic rings. The molecule has 0 N–H and O–H groups in total. The van der Waals surface area contributed by atoms with Crippen molar-refractivity contribution < 1.29 is 4.58 Å². The summed E-state index contributed by atoms with van der Waals surface area (Å²) in [5.41, 5.74) is 3.52. The van der Waals surface area contributed by atoms with Crippen LogP contribution in [0.15, 0.2) is 24.8 Å². The van der Waals surface area contributed by atoms with Gasteiger partial charge in [0.25, 0.3) is 0 Å². The van der Waals surface area contributed by atoms with Crippen molar-refractivity contribution in [2.24, 2.45) is 0 Å². The van der Waals surface area contributed by atoms with E-state index in [1.54, 1.807) is 0 Å². The van der Waals surface area contributed by atoms with Crippen LogP contribution in [0.5, 0.6) is 0 Å². The molecule has 12 heavy (non-hydrogen) atoms. The molecule has 0 amide bonds. The Bertz CT molecular complexity index is 324. The lowest BCUT2D eigenvalue weighted by Gasteiger charge is -2.00. The van der Waals surface area contributed by atoms with E-state index < -0.39 is 0 Å². The van der Waals surface area contributed by atoms with Crippen LogP contribution in [-0.2, 0) is 0 Å². The van der Waals surface area contributed by atoms with Gasteiger partial charge < -0.3 is 0 Å². The number of hydrogen-bond donors (Lipinski definition) is 0. The largest absolute Gasteiger partial charge is 0.208 e. The van der Waals surface area contributed by atoms with Gasteiger partial charge in [0.1, 0.15) is 13.8 Å². The van der Waals surface area contributed by atoms with Gasteiger partial charge in [0.2, 0.25) is 5.69 Å². The Hall–Kier alpha value is -1.37. The average Bonchev–Trinajstić information content (AvgIpc) is 2.05. The van der Waals surface area contributed by atoms with E-state index in [0.717, 1.165) is 5.69 Å². The first-order chi connectivity index (χ1) is 5.65. The van der Waals surface area contributed by atoms with Crippen molar-refractivity contribution in [1.29, 1.82) is 0 Å². The molecule has 0 aliphatic carbocycles. The molecule has 1 heteroatoms. The van der Waals surface area contributed by atoms with E-state index in [-0.39, 0.29) is 0 Å². The van der Waals surface area contributed by atoms with Crippen molar-refractivity contribution in [2.45, 2.75) is 6.92 Å². The van der Waals surface area contributed by atoms with E-state index in [1.165, 1.54) is 11.1 Å². The first-order valence-electron chi connectivity index (χ1n) is 3.92. The number of benzene rings is 1. The average molecular weight is 160 g/mol. The molecular weight excluding hydrogens is 146 g/mol. The standard InChI is InChI=1S/C11H14N/c1-5-10-8-11(12(3)4)7-6-9(10)2/h5-8H,1,3H2,2,4H3/q+1. The van der Waals surface area contributed by atoms with Crippen LogP contribution in [0.1, 0.15) is 11.1 Å². The molecule has 0 heterocycles. The van der Waals surface area contributed by atoms with Gasteiger partial charge in [0.05, 0.1) is 0 Å². The van der Waals surface area contributed by atoms with Crippen molar-refractivity contribution in [2.75, 3.05) is 7.05 Å². The Morgan fingerprint density at radius 1 is 1.42 bits per heavy atom. The Morgan fingerprint density at radius 3 is 2.58 bits per heavy atom. The van der Waals surface area contributed by atoms with Crippen LogP contribution < -0.4 is 0 Å². The smallest absolute Gasteiger partial charge is 0.205 e. The van der Waals surface area contributed by atoms with Gasteiger partial charge in [-0.25, -0.2) is 4.58 Å². The fourth-order valence-electron chi connectivity index (χ4n) is 1.09. The first kappa shape index (κ1) is 8.72. The highest BCUT2D eigenvalue weighted by molar-refractivity contribution is 5.56. The molecule has 0 aliphatic heterocycles. The third-order valence-electron chi connectivity index (χ3n) is 1.92. The summed E-state index contributed by atoms with van der Waals surface area (Å²) in [5.74, 6) is 0. The zero-order valence-electron chi connectivity index (χ0n) is 7.67. The number of rotatable bonds is 2. The van der Waals surface area contributed by atoms with E-state index in [4.69, 9.17) is 0 Å². The Morgan fingerprint density at radius 2 is 2.08 bits per heavy atom. The summed E-state index contributed by atoms with van der Waals surface area (Å²) >= 11 is 0. The minimum atomic E-state index is 1.11. The summed E-state index contributed by atoms with van der Waals surface area (Å²) in [5, 5.41) is 0. The zero-order valence-corrected chi connectivity index (χ0v) is 7.67. The van der Waals surface area contributed by atoms with Crippen molar-refractivity contribution in [3.8, 4) is 0 Å². The molecule has 62 valence electrons. The SMILES string of the molecule is C=Cc1cc([N+](=C)C)ccc1C. The van der Waals surface area contributed by atoms with Crippen LogP contribution in [-0.4, -0.2) is 18.3 Å². The van der Waals surface area contributed by atoms with E-state index in [0.29, 0.717) is 0 Å². The van der Waals surface area contributed by atoms with Gasteiger partial charge in [-0.15, -0.1) is 0 Å². The van der Waals surface area contributed by atoms with Crippen LogP contribution in [0, 0.1) is 6.92 Å². The normalized spacial score (nSPS) is 9.50. The monoisotopic (exact) mass is 160 g/mol. The first-order valence-corrected chi connectivity index (χ1v) is 3.92. The highest BCUT2D eigenvalue weighted by Crippen LogP contribution is 2.17. The quantitative estimate of drug-likeness (QED) is 0.462. The molecule has 0 saturated carbocycles. The molecule has 0 bridgehead atoms. The van der Waals surface area contributed by atoms with Gasteiger partial charge >= 0.3 is 0 Å². The fourth-order valence-corrected chi connectivity index (χ4v) is 1.09. The van der Waals surface area contributed by atoms with Gasteiger partial charge in [-0.3, -0.25) is 0 Å². The Kier molecular flexibility index (Phi) is 2.44. The molecule has 0 fully saturated rings. The second-order valence-electron chi connectivity index (χ2n) is 2.94. The van der Waals surface area contributed by atoms with E-state index in [2.05, 4.69) is 38.4 Å². The van der Waals surface area contributed by atoms with Crippen LogP contribution in [0.2, 0.25) is 0 Å². The molecule has 0 aromatic heterocycles. The molecule has 0 saturated heterocycles. The Labute approximate surface area is 73.7 Å². The van der Waals surface area contributed by atoms with Crippen molar-refractivity contribution in [3.05, 3.63) is 35.9 Å². The van der Waals surface area contributed by atoms with Crippen LogP contribution >= 0.6 is 0 Å². The summed E-state index contributed by atoms with van der Waals surface area (Å²) < 4.78 is 1.84. The maximum absolute atomic E-state index is 3.81. The molecule has 1 aromatic rings. The predicted molar refractivity (Wildman–Crippen MR) is 54.2 cm³/mol. The number of hydrogen-bond acceptors (Lipinski definition) is 0. The van der Waals surface area contributed by atoms with Crippen LogP contribution in [0.4, 0.5) is 5.69 Å². The summed E-state index contributed by atoms with van der Waals surface area (Å²) in [4.78, 5) is 0. The van der Waals surface area contributed by atoms with Crippen molar-refractivity contribution >= 4 is 18.5 Å². The molecule has 0 radical (unpaired) electrons. The number of aryl methyl sites for hydroxylation is 1. The van der Waals surface area contributed by atoms with Gasteiger partial charge in [-0.2, -0.15) is 0 Å². The maximum Gasteiger partial charge on any atom is 0.205 e.